The van der Waals surface area contributed by atoms with Gasteiger partial charge in [-0.15, -0.1) is 0 Å². The van der Waals surface area contributed by atoms with Gasteiger partial charge in [0.2, 0.25) is 0 Å². The van der Waals surface area contributed by atoms with E-state index in [-0.39, 0.29) is 5.82 Å². The lowest BCUT2D eigenvalue weighted by Gasteiger charge is -2.04. The quantitative estimate of drug-likeness (QED) is 0.921. The maximum Gasteiger partial charge on any atom is 0.164 e. The van der Waals surface area contributed by atoms with E-state index in [1.807, 2.05) is 6.92 Å². The van der Waals surface area contributed by atoms with Crippen LogP contribution in [-0.2, 0) is 13.1 Å². The molecule has 1 N–H and O–H groups in total. The van der Waals surface area contributed by atoms with E-state index < -0.39 is 0 Å². The molecule has 0 saturated heterocycles. The topological polar surface area (TPSA) is 42.7 Å². The molecule has 0 saturated carbocycles. The lowest BCUT2D eigenvalue weighted by atomic mass is 10.2. The molecule has 96 valence electrons. The van der Waals surface area contributed by atoms with Crippen LogP contribution in [0.25, 0.3) is 0 Å². The van der Waals surface area contributed by atoms with Crippen LogP contribution >= 0.6 is 15.9 Å². The van der Waals surface area contributed by atoms with E-state index in [0.29, 0.717) is 13.1 Å². The summed E-state index contributed by atoms with van der Waals surface area (Å²) in [6.45, 7) is 4.05. The molecule has 0 unspecified atom stereocenters. The third-order valence-corrected chi connectivity index (χ3v) is 3.23. The van der Waals surface area contributed by atoms with Crippen LogP contribution in [-0.4, -0.2) is 21.3 Å². The molecule has 1 aromatic heterocycles. The van der Waals surface area contributed by atoms with Gasteiger partial charge in [-0.25, -0.2) is 14.1 Å². The predicted octanol–water partition coefficient (Wildman–Crippen LogP) is 2.34. The number of hydrogen-bond acceptors (Lipinski definition) is 3. The fraction of sp³-hybridized carbons (Fsp3) is 0.333. The van der Waals surface area contributed by atoms with Crippen LogP contribution in [0.4, 0.5) is 4.39 Å². The molecule has 0 atom stereocenters. The fourth-order valence-corrected chi connectivity index (χ4v) is 1.94. The van der Waals surface area contributed by atoms with Gasteiger partial charge in [0, 0.05) is 4.47 Å². The number of nitrogens with zero attached hydrogens (tertiary/aromatic N) is 3. The van der Waals surface area contributed by atoms with Crippen molar-refractivity contribution in [1.82, 2.24) is 20.1 Å². The normalized spacial score (nSPS) is 10.8. The highest BCUT2D eigenvalue weighted by atomic mass is 79.9. The van der Waals surface area contributed by atoms with Crippen LogP contribution in [0, 0.1) is 5.82 Å². The molecule has 2 rings (SSSR count). The average molecular weight is 313 g/mol. The van der Waals surface area contributed by atoms with E-state index in [4.69, 9.17) is 0 Å². The van der Waals surface area contributed by atoms with Gasteiger partial charge >= 0.3 is 0 Å². The zero-order chi connectivity index (χ0) is 13.0. The Labute approximate surface area is 113 Å². The molecule has 0 aliphatic rings. The van der Waals surface area contributed by atoms with Gasteiger partial charge < -0.3 is 5.32 Å². The van der Waals surface area contributed by atoms with Crippen molar-refractivity contribution in [1.29, 1.82) is 0 Å². The van der Waals surface area contributed by atoms with Crippen molar-refractivity contribution in [3.05, 3.63) is 46.2 Å². The smallest absolute Gasteiger partial charge is 0.164 e. The van der Waals surface area contributed by atoms with Crippen molar-refractivity contribution < 1.29 is 4.39 Å². The van der Waals surface area contributed by atoms with Gasteiger partial charge in [-0.1, -0.05) is 22.9 Å². The predicted molar refractivity (Wildman–Crippen MR) is 70.6 cm³/mol. The molecule has 0 aliphatic heterocycles. The number of benzene rings is 1. The Morgan fingerprint density at radius 1 is 1.44 bits per heavy atom. The summed E-state index contributed by atoms with van der Waals surface area (Å²) in [5.41, 5.74) is 0.843. The van der Waals surface area contributed by atoms with Gasteiger partial charge in [-0.3, -0.25) is 0 Å². The summed E-state index contributed by atoms with van der Waals surface area (Å²) in [7, 11) is 0. The summed E-state index contributed by atoms with van der Waals surface area (Å²) in [4.78, 5) is 4.18. The van der Waals surface area contributed by atoms with E-state index >= 15 is 0 Å². The highest BCUT2D eigenvalue weighted by Gasteiger charge is 2.05. The van der Waals surface area contributed by atoms with E-state index in [1.165, 1.54) is 12.1 Å². The minimum atomic E-state index is -0.249. The van der Waals surface area contributed by atoms with Crippen molar-refractivity contribution in [3.8, 4) is 0 Å². The molecule has 0 bridgehead atoms. The molecule has 1 aromatic carbocycles. The molecule has 1 heterocycles. The first-order valence-corrected chi connectivity index (χ1v) is 6.51. The summed E-state index contributed by atoms with van der Waals surface area (Å²) in [5.74, 6) is 0.491. The first-order chi connectivity index (χ1) is 8.69. The van der Waals surface area contributed by atoms with Crippen LogP contribution in [0.3, 0.4) is 0 Å². The second-order valence-electron chi connectivity index (χ2n) is 3.87. The molecule has 2 aromatic rings. The van der Waals surface area contributed by atoms with Gasteiger partial charge in [-0.05, 0) is 30.3 Å². The zero-order valence-corrected chi connectivity index (χ0v) is 11.6. The lowest BCUT2D eigenvalue weighted by molar-refractivity contribution is 0.614. The number of aromatic nitrogens is 3. The Hall–Kier alpha value is -1.27. The van der Waals surface area contributed by atoms with E-state index in [9.17, 15) is 4.39 Å². The van der Waals surface area contributed by atoms with Crippen molar-refractivity contribution in [3.63, 3.8) is 0 Å². The Morgan fingerprint density at radius 2 is 2.28 bits per heavy atom. The van der Waals surface area contributed by atoms with Crippen LogP contribution in [0.1, 0.15) is 18.3 Å². The van der Waals surface area contributed by atoms with Crippen LogP contribution in [0.5, 0.6) is 0 Å². The molecule has 0 aliphatic carbocycles. The molecule has 0 amide bonds. The number of rotatable bonds is 5. The van der Waals surface area contributed by atoms with Gasteiger partial charge in [-0.2, -0.15) is 5.10 Å². The third kappa shape index (κ3) is 3.36. The highest BCUT2D eigenvalue weighted by Crippen LogP contribution is 2.18. The average Bonchev–Trinajstić information content (AvgIpc) is 2.79. The molecule has 6 heteroatoms. The summed E-state index contributed by atoms with van der Waals surface area (Å²) in [6, 6.07) is 4.61. The van der Waals surface area contributed by atoms with Crippen molar-refractivity contribution in [2.45, 2.75) is 20.0 Å². The van der Waals surface area contributed by atoms with Gasteiger partial charge in [0.15, 0.2) is 5.82 Å². The monoisotopic (exact) mass is 312 g/mol. The van der Waals surface area contributed by atoms with Gasteiger partial charge in [0.05, 0.1) is 13.1 Å². The van der Waals surface area contributed by atoms with E-state index in [1.54, 1.807) is 17.1 Å². The first-order valence-electron chi connectivity index (χ1n) is 5.72. The number of halogens is 2. The number of nitrogens with one attached hydrogen (secondary N) is 1. The molecule has 0 spiro atoms. The summed E-state index contributed by atoms with van der Waals surface area (Å²) >= 11 is 3.40. The van der Waals surface area contributed by atoms with Gasteiger partial charge in [0.1, 0.15) is 12.1 Å². The Kier molecular flexibility index (Phi) is 4.43. The van der Waals surface area contributed by atoms with Crippen LogP contribution in [0.2, 0.25) is 0 Å². The van der Waals surface area contributed by atoms with Crippen LogP contribution in [0.15, 0.2) is 29.0 Å². The molecule has 4 nitrogen and oxygen atoms in total. The van der Waals surface area contributed by atoms with Crippen molar-refractivity contribution in [2.24, 2.45) is 0 Å². The molecule has 0 radical (unpaired) electrons. The van der Waals surface area contributed by atoms with Crippen molar-refractivity contribution in [2.75, 3.05) is 6.54 Å². The van der Waals surface area contributed by atoms with Crippen LogP contribution < -0.4 is 5.32 Å². The standard InChI is InChI=1S/C12H14BrFN4/c1-2-15-6-12-16-8-18(17-12)7-9-5-10(14)3-4-11(9)13/h3-5,8,15H,2,6-7H2,1H3. The summed E-state index contributed by atoms with van der Waals surface area (Å²) in [6.07, 6.45) is 1.66. The summed E-state index contributed by atoms with van der Waals surface area (Å²) < 4.78 is 15.7. The highest BCUT2D eigenvalue weighted by molar-refractivity contribution is 9.10. The minimum Gasteiger partial charge on any atom is -0.310 e. The summed E-state index contributed by atoms with van der Waals surface area (Å²) in [5, 5.41) is 7.47. The third-order valence-electron chi connectivity index (χ3n) is 2.46. The lowest BCUT2D eigenvalue weighted by Crippen LogP contribution is -2.13. The second-order valence-corrected chi connectivity index (χ2v) is 4.73. The minimum absolute atomic E-state index is 0.249. The largest absolute Gasteiger partial charge is 0.310 e. The van der Waals surface area contributed by atoms with E-state index in [2.05, 4.69) is 31.3 Å². The fourth-order valence-electron chi connectivity index (χ4n) is 1.57. The molecule has 0 fully saturated rings. The van der Waals surface area contributed by atoms with Crippen molar-refractivity contribution >= 4 is 15.9 Å². The molecule has 18 heavy (non-hydrogen) atoms. The zero-order valence-electron chi connectivity index (χ0n) is 10.0. The molecular formula is C12H14BrFN4. The Morgan fingerprint density at radius 3 is 3.06 bits per heavy atom. The maximum atomic E-state index is 13.1. The second kappa shape index (κ2) is 6.06. The maximum absolute atomic E-state index is 13.1. The van der Waals surface area contributed by atoms with Gasteiger partial charge in [0.25, 0.3) is 0 Å². The SMILES string of the molecule is CCNCc1ncn(Cc2cc(F)ccc2Br)n1. The Bertz CT molecular complexity index is 527. The first kappa shape index (κ1) is 13.2. The molecular weight excluding hydrogens is 299 g/mol. The Balaban J connectivity index is 2.08. The van der Waals surface area contributed by atoms with E-state index in [0.717, 1.165) is 22.4 Å². The number of hydrogen-bond donors (Lipinski definition) is 1.